The van der Waals surface area contributed by atoms with E-state index in [-0.39, 0.29) is 0 Å². The Morgan fingerprint density at radius 1 is 0.774 bits per heavy atom. The van der Waals surface area contributed by atoms with Crippen molar-refractivity contribution in [2.24, 2.45) is 0 Å². The zero-order valence-corrected chi connectivity index (χ0v) is 17.2. The molecule has 0 aliphatic heterocycles. The van der Waals surface area contributed by atoms with Crippen LogP contribution in [0.5, 0.6) is 0 Å². The Morgan fingerprint density at radius 2 is 1.61 bits per heavy atom. The third-order valence-corrected chi connectivity index (χ3v) is 4.93. The van der Waals surface area contributed by atoms with E-state index in [1.807, 2.05) is 57.2 Å². The van der Waals surface area contributed by atoms with Gasteiger partial charge in [0.2, 0.25) is 0 Å². The maximum atomic E-state index is 5.37. The van der Waals surface area contributed by atoms with Gasteiger partial charge in [-0.3, -0.25) is 9.97 Å². The summed E-state index contributed by atoms with van der Waals surface area (Å²) in [4.78, 5) is 18.8. The largest absolute Gasteiger partial charge is 0.364 e. The standard InChI is InChI=1S/C23H18N6O2/c1-13-7-6-10-25-20(13)23-26-21(16-12-30-28-15(16)3)19(18-11-14(2)31-29-18)22(27-23)17-8-4-5-9-24-17/h4-12H,1-3H3. The van der Waals surface area contributed by atoms with Gasteiger partial charge in [0.25, 0.3) is 0 Å². The van der Waals surface area contributed by atoms with Crippen LogP contribution in [0.15, 0.2) is 64.1 Å². The first kappa shape index (κ1) is 18.8. The molecule has 5 aromatic heterocycles. The van der Waals surface area contributed by atoms with Crippen molar-refractivity contribution in [1.29, 1.82) is 0 Å². The van der Waals surface area contributed by atoms with Gasteiger partial charge in [0.1, 0.15) is 29.1 Å². The van der Waals surface area contributed by atoms with Crippen molar-refractivity contribution >= 4 is 0 Å². The minimum Gasteiger partial charge on any atom is -0.364 e. The number of nitrogens with zero attached hydrogens (tertiary/aromatic N) is 6. The van der Waals surface area contributed by atoms with Crippen LogP contribution in [0.1, 0.15) is 17.0 Å². The molecule has 0 unspecified atom stereocenters. The molecule has 0 N–H and O–H groups in total. The quantitative estimate of drug-likeness (QED) is 0.415. The first-order valence-electron chi connectivity index (χ1n) is 9.72. The van der Waals surface area contributed by atoms with Crippen LogP contribution in [0.2, 0.25) is 0 Å². The third-order valence-electron chi connectivity index (χ3n) is 4.93. The molecule has 5 aromatic rings. The Bertz CT molecular complexity index is 1370. The van der Waals surface area contributed by atoms with Crippen LogP contribution in [0, 0.1) is 20.8 Å². The van der Waals surface area contributed by atoms with Crippen LogP contribution in [0.4, 0.5) is 0 Å². The highest BCUT2D eigenvalue weighted by Gasteiger charge is 2.25. The Kier molecular flexibility index (Phi) is 4.59. The predicted octanol–water partition coefficient (Wildman–Crippen LogP) is 4.84. The van der Waals surface area contributed by atoms with Crippen molar-refractivity contribution in [3.8, 4) is 45.4 Å². The van der Waals surface area contributed by atoms with Gasteiger partial charge < -0.3 is 9.05 Å². The van der Waals surface area contributed by atoms with E-state index in [2.05, 4.69) is 20.3 Å². The van der Waals surface area contributed by atoms with Gasteiger partial charge in [-0.2, -0.15) is 0 Å². The van der Waals surface area contributed by atoms with E-state index >= 15 is 0 Å². The van der Waals surface area contributed by atoms with Gasteiger partial charge in [0, 0.05) is 18.5 Å². The Morgan fingerprint density at radius 3 is 2.29 bits per heavy atom. The molecule has 0 aliphatic carbocycles. The third kappa shape index (κ3) is 3.38. The van der Waals surface area contributed by atoms with E-state index in [0.29, 0.717) is 51.3 Å². The van der Waals surface area contributed by atoms with Gasteiger partial charge in [-0.1, -0.05) is 22.4 Å². The number of aromatic nitrogens is 6. The van der Waals surface area contributed by atoms with Crippen LogP contribution < -0.4 is 0 Å². The summed E-state index contributed by atoms with van der Waals surface area (Å²) < 4.78 is 10.6. The summed E-state index contributed by atoms with van der Waals surface area (Å²) in [6.07, 6.45) is 5.03. The van der Waals surface area contributed by atoms with Gasteiger partial charge in [0.05, 0.1) is 28.2 Å². The molecule has 152 valence electrons. The predicted molar refractivity (Wildman–Crippen MR) is 114 cm³/mol. The fraction of sp³-hybridized carbons (Fsp3) is 0.130. The fourth-order valence-electron chi connectivity index (χ4n) is 3.42. The van der Waals surface area contributed by atoms with Gasteiger partial charge in [-0.25, -0.2) is 9.97 Å². The lowest BCUT2D eigenvalue weighted by Gasteiger charge is -2.14. The molecule has 0 aliphatic rings. The van der Waals surface area contributed by atoms with Gasteiger partial charge >= 0.3 is 0 Å². The number of hydrogen-bond acceptors (Lipinski definition) is 8. The monoisotopic (exact) mass is 410 g/mol. The second-order valence-corrected chi connectivity index (χ2v) is 7.14. The van der Waals surface area contributed by atoms with Crippen molar-refractivity contribution in [2.75, 3.05) is 0 Å². The molecule has 0 atom stereocenters. The summed E-state index contributed by atoms with van der Waals surface area (Å²) in [7, 11) is 0. The Labute approximate surface area is 178 Å². The molecule has 0 fully saturated rings. The zero-order chi connectivity index (χ0) is 21.4. The van der Waals surface area contributed by atoms with Crippen LogP contribution in [-0.2, 0) is 0 Å². The van der Waals surface area contributed by atoms with Crippen molar-refractivity contribution in [2.45, 2.75) is 20.8 Å². The molecule has 0 aromatic carbocycles. The highest BCUT2D eigenvalue weighted by Crippen LogP contribution is 2.39. The number of aryl methyl sites for hydroxylation is 3. The fourth-order valence-corrected chi connectivity index (χ4v) is 3.42. The highest BCUT2D eigenvalue weighted by molar-refractivity contribution is 5.90. The van der Waals surface area contributed by atoms with Crippen LogP contribution in [0.3, 0.4) is 0 Å². The maximum Gasteiger partial charge on any atom is 0.179 e. The van der Waals surface area contributed by atoms with E-state index in [1.54, 1.807) is 18.7 Å². The number of pyridine rings is 2. The summed E-state index contributed by atoms with van der Waals surface area (Å²) in [6, 6.07) is 11.4. The lowest BCUT2D eigenvalue weighted by Crippen LogP contribution is -2.03. The van der Waals surface area contributed by atoms with Gasteiger partial charge in [-0.05, 0) is 44.5 Å². The molecular weight excluding hydrogens is 392 g/mol. The summed E-state index contributed by atoms with van der Waals surface area (Å²) in [5, 5.41) is 8.29. The smallest absolute Gasteiger partial charge is 0.179 e. The summed E-state index contributed by atoms with van der Waals surface area (Å²) >= 11 is 0. The minimum absolute atomic E-state index is 0.485. The van der Waals surface area contributed by atoms with Crippen molar-refractivity contribution in [1.82, 2.24) is 30.2 Å². The second kappa shape index (κ2) is 7.56. The molecule has 0 radical (unpaired) electrons. The molecule has 0 spiro atoms. The molecule has 8 nitrogen and oxygen atoms in total. The zero-order valence-electron chi connectivity index (χ0n) is 17.2. The normalized spacial score (nSPS) is 11.1. The van der Waals surface area contributed by atoms with E-state index in [1.165, 1.54) is 0 Å². The second-order valence-electron chi connectivity index (χ2n) is 7.14. The summed E-state index contributed by atoms with van der Waals surface area (Å²) in [5.41, 5.74) is 6.34. The van der Waals surface area contributed by atoms with Crippen molar-refractivity contribution in [3.05, 3.63) is 72.1 Å². The number of rotatable bonds is 4. The van der Waals surface area contributed by atoms with Crippen LogP contribution in [-0.4, -0.2) is 30.2 Å². The highest BCUT2D eigenvalue weighted by atomic mass is 16.5. The van der Waals surface area contributed by atoms with Gasteiger partial charge in [-0.15, -0.1) is 0 Å². The molecule has 8 heteroatoms. The molecule has 0 saturated carbocycles. The number of hydrogen-bond donors (Lipinski definition) is 0. The average molecular weight is 410 g/mol. The molecule has 0 bridgehead atoms. The SMILES string of the molecule is Cc1cc(-c2c(-c3ccccn3)nc(-c3ncccc3C)nc2-c2conc2C)no1. The van der Waals surface area contributed by atoms with Crippen LogP contribution >= 0.6 is 0 Å². The lowest BCUT2D eigenvalue weighted by molar-refractivity contribution is 0.399. The molecule has 0 saturated heterocycles. The topological polar surface area (TPSA) is 104 Å². The first-order valence-corrected chi connectivity index (χ1v) is 9.72. The van der Waals surface area contributed by atoms with E-state index in [4.69, 9.17) is 19.0 Å². The van der Waals surface area contributed by atoms with E-state index in [9.17, 15) is 0 Å². The van der Waals surface area contributed by atoms with Crippen LogP contribution in [0.25, 0.3) is 45.4 Å². The molecule has 0 amide bonds. The summed E-state index contributed by atoms with van der Waals surface area (Å²) in [5.74, 6) is 1.16. The Balaban J connectivity index is 1.90. The van der Waals surface area contributed by atoms with Crippen molar-refractivity contribution in [3.63, 3.8) is 0 Å². The summed E-state index contributed by atoms with van der Waals surface area (Å²) in [6.45, 7) is 5.68. The average Bonchev–Trinajstić information content (AvgIpc) is 3.41. The molecular formula is C23H18N6O2. The molecule has 5 heterocycles. The van der Waals surface area contributed by atoms with E-state index in [0.717, 1.165) is 11.1 Å². The maximum absolute atomic E-state index is 5.37. The minimum atomic E-state index is 0.485. The first-order chi connectivity index (χ1) is 15.1. The van der Waals surface area contributed by atoms with Gasteiger partial charge in [0.15, 0.2) is 5.82 Å². The Hall–Kier alpha value is -4.20. The lowest BCUT2D eigenvalue weighted by atomic mass is 9.99. The molecule has 5 rings (SSSR count). The molecule has 31 heavy (non-hydrogen) atoms. The van der Waals surface area contributed by atoms with E-state index < -0.39 is 0 Å². The van der Waals surface area contributed by atoms with Crippen molar-refractivity contribution < 1.29 is 9.05 Å².